The van der Waals surface area contributed by atoms with Gasteiger partial charge in [0.25, 0.3) is 5.91 Å². The summed E-state index contributed by atoms with van der Waals surface area (Å²) in [6.45, 7) is 2.77. The molecule has 2 aromatic carbocycles. The van der Waals surface area contributed by atoms with Crippen molar-refractivity contribution in [3.63, 3.8) is 0 Å². The predicted molar refractivity (Wildman–Crippen MR) is 103 cm³/mol. The van der Waals surface area contributed by atoms with Gasteiger partial charge in [-0.2, -0.15) is 0 Å². The Bertz CT molecular complexity index is 824. The topological polar surface area (TPSA) is 84.5 Å². The minimum absolute atomic E-state index is 0.0726. The predicted octanol–water partition coefficient (Wildman–Crippen LogP) is 3.40. The van der Waals surface area contributed by atoms with Crippen LogP contribution in [0.25, 0.3) is 0 Å². The zero-order valence-electron chi connectivity index (χ0n) is 15.1. The van der Waals surface area contributed by atoms with Crippen molar-refractivity contribution in [1.29, 1.82) is 0 Å². The number of ether oxygens (including phenoxy) is 1. The Morgan fingerprint density at radius 3 is 2.44 bits per heavy atom. The van der Waals surface area contributed by atoms with Crippen LogP contribution in [0.5, 0.6) is 0 Å². The second-order valence-electron chi connectivity index (χ2n) is 6.04. The van der Waals surface area contributed by atoms with E-state index in [0.29, 0.717) is 10.7 Å². The Labute approximate surface area is 162 Å². The second kappa shape index (κ2) is 9.73. The van der Waals surface area contributed by atoms with Crippen molar-refractivity contribution in [3.05, 3.63) is 64.7 Å². The lowest BCUT2D eigenvalue weighted by atomic mass is 10.0. The van der Waals surface area contributed by atoms with Gasteiger partial charge in [-0.3, -0.25) is 14.4 Å². The molecule has 0 saturated heterocycles. The molecule has 2 rings (SSSR count). The quantitative estimate of drug-likeness (QED) is 0.712. The van der Waals surface area contributed by atoms with Crippen LogP contribution in [0.4, 0.5) is 5.69 Å². The van der Waals surface area contributed by atoms with E-state index in [2.05, 4.69) is 10.6 Å². The number of anilines is 1. The third-order valence-corrected chi connectivity index (χ3v) is 4.01. The highest BCUT2D eigenvalue weighted by Crippen LogP contribution is 2.20. The van der Waals surface area contributed by atoms with Crippen LogP contribution in [0.3, 0.4) is 0 Å². The molecule has 0 aliphatic heterocycles. The third kappa shape index (κ3) is 6.75. The zero-order valence-corrected chi connectivity index (χ0v) is 15.9. The van der Waals surface area contributed by atoms with E-state index in [4.69, 9.17) is 16.3 Å². The van der Waals surface area contributed by atoms with Crippen molar-refractivity contribution < 1.29 is 19.1 Å². The molecule has 1 atom stereocenters. The molecule has 0 heterocycles. The number of carbonyl (C=O) groups is 3. The van der Waals surface area contributed by atoms with Gasteiger partial charge in [-0.25, -0.2) is 0 Å². The number of amides is 2. The van der Waals surface area contributed by atoms with Gasteiger partial charge in [-0.05, 0) is 36.2 Å². The molecule has 0 fully saturated rings. The van der Waals surface area contributed by atoms with E-state index in [1.807, 2.05) is 37.3 Å². The van der Waals surface area contributed by atoms with Gasteiger partial charge in [0.15, 0.2) is 6.61 Å². The van der Waals surface area contributed by atoms with Crippen LogP contribution < -0.4 is 10.6 Å². The van der Waals surface area contributed by atoms with Gasteiger partial charge in [-0.15, -0.1) is 0 Å². The summed E-state index contributed by atoms with van der Waals surface area (Å²) < 4.78 is 5.04. The van der Waals surface area contributed by atoms with Gasteiger partial charge in [0.1, 0.15) is 0 Å². The molecule has 0 unspecified atom stereocenters. The lowest BCUT2D eigenvalue weighted by molar-refractivity contribution is -0.148. The molecule has 6 nitrogen and oxygen atoms in total. The maximum absolute atomic E-state index is 12.1. The van der Waals surface area contributed by atoms with Crippen molar-refractivity contribution >= 4 is 35.1 Å². The molecule has 0 spiro atoms. The minimum atomic E-state index is -0.583. The highest BCUT2D eigenvalue weighted by molar-refractivity contribution is 6.30. The fraction of sp³-hybridized carbons (Fsp3) is 0.250. The number of hydrogen-bond donors (Lipinski definition) is 2. The number of esters is 1. The van der Waals surface area contributed by atoms with Gasteiger partial charge in [0.2, 0.25) is 5.91 Å². The van der Waals surface area contributed by atoms with Gasteiger partial charge < -0.3 is 15.4 Å². The van der Waals surface area contributed by atoms with Crippen molar-refractivity contribution in [3.8, 4) is 0 Å². The standard InChI is InChI=1S/C20H21ClN2O4/c1-13-10-16(21)8-9-17(13)23-19(25)12-27-20(26)11-18(22-14(2)24)15-6-4-3-5-7-15/h3-10,18H,11-12H2,1-2H3,(H,22,24)(H,23,25)/t18-/m0/s1. The Kier molecular flexibility index (Phi) is 7.37. The first-order chi connectivity index (χ1) is 12.8. The van der Waals surface area contributed by atoms with Gasteiger partial charge in [0.05, 0.1) is 12.5 Å². The van der Waals surface area contributed by atoms with E-state index >= 15 is 0 Å². The SMILES string of the molecule is CC(=O)N[C@@H](CC(=O)OCC(=O)Nc1ccc(Cl)cc1C)c1ccccc1. The molecule has 0 saturated carbocycles. The molecule has 0 bridgehead atoms. The third-order valence-electron chi connectivity index (χ3n) is 3.78. The number of hydrogen-bond acceptors (Lipinski definition) is 4. The average Bonchev–Trinajstić information content (AvgIpc) is 2.62. The molecular weight excluding hydrogens is 368 g/mol. The zero-order chi connectivity index (χ0) is 19.8. The molecule has 0 aromatic heterocycles. The first kappa shape index (κ1) is 20.5. The Balaban J connectivity index is 1.89. The molecule has 2 amide bonds. The number of rotatable bonds is 7. The average molecular weight is 389 g/mol. The van der Waals surface area contributed by atoms with E-state index in [-0.39, 0.29) is 12.3 Å². The van der Waals surface area contributed by atoms with Gasteiger partial charge in [-0.1, -0.05) is 41.9 Å². The lowest BCUT2D eigenvalue weighted by Gasteiger charge is -2.17. The molecular formula is C20H21ClN2O4. The number of nitrogens with one attached hydrogen (secondary N) is 2. The van der Waals surface area contributed by atoms with Crippen molar-refractivity contribution in [2.75, 3.05) is 11.9 Å². The van der Waals surface area contributed by atoms with Crippen molar-refractivity contribution in [2.45, 2.75) is 26.3 Å². The van der Waals surface area contributed by atoms with E-state index in [1.54, 1.807) is 18.2 Å². The smallest absolute Gasteiger partial charge is 0.308 e. The minimum Gasteiger partial charge on any atom is -0.455 e. The highest BCUT2D eigenvalue weighted by Gasteiger charge is 2.18. The number of halogens is 1. The van der Waals surface area contributed by atoms with E-state index in [0.717, 1.165) is 11.1 Å². The van der Waals surface area contributed by atoms with Crippen LogP contribution in [0.2, 0.25) is 5.02 Å². The van der Waals surface area contributed by atoms with Gasteiger partial charge in [0, 0.05) is 17.6 Å². The van der Waals surface area contributed by atoms with Crippen LogP contribution in [-0.2, 0) is 19.1 Å². The largest absolute Gasteiger partial charge is 0.455 e. The summed E-state index contributed by atoms with van der Waals surface area (Å²) in [5, 5.41) is 5.95. The summed E-state index contributed by atoms with van der Waals surface area (Å²) in [7, 11) is 0. The molecule has 7 heteroatoms. The Morgan fingerprint density at radius 1 is 1.11 bits per heavy atom. The van der Waals surface area contributed by atoms with Gasteiger partial charge >= 0.3 is 5.97 Å². The van der Waals surface area contributed by atoms with Crippen molar-refractivity contribution in [2.24, 2.45) is 0 Å². The Morgan fingerprint density at radius 2 is 1.81 bits per heavy atom. The molecule has 2 N–H and O–H groups in total. The molecule has 0 aliphatic carbocycles. The summed E-state index contributed by atoms with van der Waals surface area (Å²) >= 11 is 5.88. The lowest BCUT2D eigenvalue weighted by Crippen LogP contribution is -2.29. The normalized spacial score (nSPS) is 11.4. The van der Waals surface area contributed by atoms with Crippen LogP contribution in [-0.4, -0.2) is 24.4 Å². The molecule has 27 heavy (non-hydrogen) atoms. The van der Waals surface area contributed by atoms with Crippen LogP contribution in [0.15, 0.2) is 48.5 Å². The summed E-state index contributed by atoms with van der Waals surface area (Å²) in [5.74, 6) is -1.29. The molecule has 2 aromatic rings. The summed E-state index contributed by atoms with van der Waals surface area (Å²) in [6.07, 6.45) is -0.0726. The molecule has 0 radical (unpaired) electrons. The van der Waals surface area contributed by atoms with E-state index in [1.165, 1.54) is 6.92 Å². The first-order valence-electron chi connectivity index (χ1n) is 8.39. The number of aryl methyl sites for hydroxylation is 1. The van der Waals surface area contributed by atoms with Crippen LogP contribution in [0.1, 0.15) is 30.5 Å². The van der Waals surface area contributed by atoms with Crippen LogP contribution in [0, 0.1) is 6.92 Å². The van der Waals surface area contributed by atoms with E-state index in [9.17, 15) is 14.4 Å². The van der Waals surface area contributed by atoms with Crippen LogP contribution >= 0.6 is 11.6 Å². The summed E-state index contributed by atoms with van der Waals surface area (Å²) in [4.78, 5) is 35.5. The highest BCUT2D eigenvalue weighted by atomic mass is 35.5. The van der Waals surface area contributed by atoms with Crippen molar-refractivity contribution in [1.82, 2.24) is 5.32 Å². The molecule has 142 valence electrons. The maximum Gasteiger partial charge on any atom is 0.308 e. The second-order valence-corrected chi connectivity index (χ2v) is 6.47. The number of benzene rings is 2. The first-order valence-corrected chi connectivity index (χ1v) is 8.76. The van der Waals surface area contributed by atoms with E-state index < -0.39 is 24.5 Å². The fourth-order valence-electron chi connectivity index (χ4n) is 2.51. The maximum atomic E-state index is 12.1. The monoisotopic (exact) mass is 388 g/mol. The Hall–Kier alpha value is -2.86. The summed E-state index contributed by atoms with van der Waals surface area (Å²) in [6, 6.07) is 13.6. The summed E-state index contributed by atoms with van der Waals surface area (Å²) in [5.41, 5.74) is 2.18. The number of carbonyl (C=O) groups excluding carboxylic acids is 3. The molecule has 0 aliphatic rings. The fourth-order valence-corrected chi connectivity index (χ4v) is 2.73.